The molecule has 1 aromatic carbocycles. The van der Waals surface area contributed by atoms with E-state index in [0.717, 1.165) is 37.3 Å². The number of rotatable bonds is 6. The van der Waals surface area contributed by atoms with Crippen LogP contribution in [0.3, 0.4) is 0 Å². The maximum atomic E-state index is 14.0. The van der Waals surface area contributed by atoms with E-state index < -0.39 is 0 Å². The van der Waals surface area contributed by atoms with Crippen LogP contribution >= 0.6 is 0 Å². The fraction of sp³-hybridized carbons (Fsp3) is 0.429. The minimum Gasteiger partial charge on any atom is -0.313 e. The van der Waals surface area contributed by atoms with Crippen LogP contribution in [0, 0.1) is 5.82 Å². The molecular weight excluding hydrogens is 243 g/mol. The van der Waals surface area contributed by atoms with Crippen LogP contribution in [0.15, 0.2) is 24.4 Å². The van der Waals surface area contributed by atoms with Crippen molar-refractivity contribution in [2.45, 2.75) is 33.4 Å². The SMILES string of the molecule is CCCn1nncc1-c1cc(CNCC)ccc1F. The van der Waals surface area contributed by atoms with Crippen LogP contribution in [0.2, 0.25) is 0 Å². The number of hydrogen-bond acceptors (Lipinski definition) is 3. The molecule has 1 heterocycles. The minimum absolute atomic E-state index is 0.236. The zero-order chi connectivity index (χ0) is 13.7. The Hall–Kier alpha value is -1.75. The number of benzene rings is 1. The van der Waals surface area contributed by atoms with Crippen LogP contribution in [0.5, 0.6) is 0 Å². The standard InChI is InChI=1S/C14H19FN4/c1-3-7-19-14(10-17-18-19)12-8-11(9-16-4-2)5-6-13(12)15/h5-6,8,10,16H,3-4,7,9H2,1-2H3. The highest BCUT2D eigenvalue weighted by molar-refractivity contribution is 5.60. The molecule has 4 nitrogen and oxygen atoms in total. The van der Waals surface area contributed by atoms with Crippen molar-refractivity contribution >= 4 is 0 Å². The Morgan fingerprint density at radius 3 is 2.89 bits per heavy atom. The third kappa shape index (κ3) is 3.17. The number of nitrogens with zero attached hydrogens (tertiary/aromatic N) is 3. The molecule has 1 aromatic heterocycles. The zero-order valence-corrected chi connectivity index (χ0v) is 11.4. The molecule has 1 N–H and O–H groups in total. The second kappa shape index (κ2) is 6.43. The molecule has 0 spiro atoms. The molecule has 0 amide bonds. The van der Waals surface area contributed by atoms with Crippen LogP contribution in [-0.2, 0) is 13.1 Å². The maximum Gasteiger partial charge on any atom is 0.132 e. The van der Waals surface area contributed by atoms with E-state index in [2.05, 4.69) is 22.6 Å². The molecule has 0 saturated carbocycles. The van der Waals surface area contributed by atoms with Crippen LogP contribution in [0.4, 0.5) is 4.39 Å². The van der Waals surface area contributed by atoms with Gasteiger partial charge in [-0.25, -0.2) is 9.07 Å². The highest BCUT2D eigenvalue weighted by Crippen LogP contribution is 2.23. The van der Waals surface area contributed by atoms with Gasteiger partial charge >= 0.3 is 0 Å². The third-order valence-electron chi connectivity index (χ3n) is 2.94. The number of nitrogens with one attached hydrogen (secondary N) is 1. The normalized spacial score (nSPS) is 10.9. The van der Waals surface area contributed by atoms with Gasteiger partial charge in [-0.2, -0.15) is 0 Å². The first-order valence-electron chi connectivity index (χ1n) is 6.64. The lowest BCUT2D eigenvalue weighted by molar-refractivity contribution is 0.578. The fourth-order valence-corrected chi connectivity index (χ4v) is 1.99. The Morgan fingerprint density at radius 2 is 2.16 bits per heavy atom. The molecule has 19 heavy (non-hydrogen) atoms. The molecule has 102 valence electrons. The number of aryl methyl sites for hydroxylation is 1. The van der Waals surface area contributed by atoms with Crippen molar-refractivity contribution in [2.75, 3.05) is 6.54 Å². The van der Waals surface area contributed by atoms with Gasteiger partial charge in [0.15, 0.2) is 0 Å². The zero-order valence-electron chi connectivity index (χ0n) is 11.4. The van der Waals surface area contributed by atoms with E-state index in [4.69, 9.17) is 0 Å². The molecule has 0 atom stereocenters. The summed E-state index contributed by atoms with van der Waals surface area (Å²) < 4.78 is 15.7. The Labute approximate surface area is 112 Å². The molecule has 2 rings (SSSR count). The van der Waals surface area contributed by atoms with Gasteiger partial charge < -0.3 is 5.32 Å². The van der Waals surface area contributed by atoms with Gasteiger partial charge in [-0.3, -0.25) is 0 Å². The smallest absolute Gasteiger partial charge is 0.132 e. The lowest BCUT2D eigenvalue weighted by atomic mass is 10.1. The van der Waals surface area contributed by atoms with E-state index in [1.807, 2.05) is 13.0 Å². The van der Waals surface area contributed by atoms with E-state index >= 15 is 0 Å². The molecule has 0 bridgehead atoms. The first kappa shape index (κ1) is 13.7. The van der Waals surface area contributed by atoms with E-state index in [0.29, 0.717) is 5.56 Å². The van der Waals surface area contributed by atoms with Gasteiger partial charge in [-0.15, -0.1) is 5.10 Å². The predicted molar refractivity (Wildman–Crippen MR) is 73.1 cm³/mol. The first-order chi connectivity index (χ1) is 9.26. The van der Waals surface area contributed by atoms with Gasteiger partial charge in [0.1, 0.15) is 5.82 Å². The van der Waals surface area contributed by atoms with Crippen molar-refractivity contribution in [3.63, 3.8) is 0 Å². The van der Waals surface area contributed by atoms with Crippen molar-refractivity contribution in [1.82, 2.24) is 20.3 Å². The van der Waals surface area contributed by atoms with Gasteiger partial charge in [-0.1, -0.05) is 25.1 Å². The second-order valence-electron chi connectivity index (χ2n) is 4.44. The summed E-state index contributed by atoms with van der Waals surface area (Å²) in [5.74, 6) is -0.236. The molecule has 0 radical (unpaired) electrons. The lowest BCUT2D eigenvalue weighted by Gasteiger charge is -2.08. The van der Waals surface area contributed by atoms with E-state index in [-0.39, 0.29) is 5.82 Å². The van der Waals surface area contributed by atoms with E-state index in [1.165, 1.54) is 6.07 Å². The van der Waals surface area contributed by atoms with Crippen molar-refractivity contribution in [3.05, 3.63) is 35.8 Å². The van der Waals surface area contributed by atoms with Crippen LogP contribution in [0.1, 0.15) is 25.8 Å². The fourth-order valence-electron chi connectivity index (χ4n) is 1.99. The van der Waals surface area contributed by atoms with Gasteiger partial charge in [0.25, 0.3) is 0 Å². The summed E-state index contributed by atoms with van der Waals surface area (Å²) in [6.07, 6.45) is 2.56. The second-order valence-corrected chi connectivity index (χ2v) is 4.44. The number of hydrogen-bond donors (Lipinski definition) is 1. The minimum atomic E-state index is -0.236. The number of aromatic nitrogens is 3. The summed E-state index contributed by atoms with van der Waals surface area (Å²) >= 11 is 0. The third-order valence-corrected chi connectivity index (χ3v) is 2.94. The topological polar surface area (TPSA) is 42.7 Å². The average Bonchev–Trinajstić information content (AvgIpc) is 2.86. The Balaban J connectivity index is 2.34. The van der Waals surface area contributed by atoms with Crippen molar-refractivity contribution in [1.29, 1.82) is 0 Å². The summed E-state index contributed by atoms with van der Waals surface area (Å²) in [4.78, 5) is 0. The van der Waals surface area contributed by atoms with Crippen LogP contribution in [0.25, 0.3) is 11.3 Å². The molecule has 0 aliphatic carbocycles. The Morgan fingerprint density at radius 1 is 1.32 bits per heavy atom. The van der Waals surface area contributed by atoms with E-state index in [1.54, 1.807) is 16.9 Å². The van der Waals surface area contributed by atoms with Crippen LogP contribution < -0.4 is 5.32 Å². The monoisotopic (exact) mass is 262 g/mol. The Bertz CT molecular complexity index is 536. The van der Waals surface area contributed by atoms with Crippen molar-refractivity contribution in [2.24, 2.45) is 0 Å². The summed E-state index contributed by atoms with van der Waals surface area (Å²) in [6, 6.07) is 5.17. The molecule has 2 aromatic rings. The van der Waals surface area contributed by atoms with Crippen molar-refractivity contribution < 1.29 is 4.39 Å². The molecule has 0 aliphatic heterocycles. The number of halogens is 1. The molecule has 0 unspecified atom stereocenters. The molecular formula is C14H19FN4. The van der Waals surface area contributed by atoms with Gasteiger partial charge in [0, 0.05) is 18.7 Å². The largest absolute Gasteiger partial charge is 0.313 e. The summed E-state index contributed by atoms with van der Waals surface area (Å²) in [7, 11) is 0. The first-order valence-corrected chi connectivity index (χ1v) is 6.64. The molecule has 0 fully saturated rings. The molecule has 0 aliphatic rings. The van der Waals surface area contributed by atoms with E-state index in [9.17, 15) is 4.39 Å². The average molecular weight is 262 g/mol. The van der Waals surface area contributed by atoms with Crippen molar-refractivity contribution in [3.8, 4) is 11.3 Å². The highest BCUT2D eigenvalue weighted by Gasteiger charge is 2.11. The van der Waals surface area contributed by atoms with Crippen LogP contribution in [-0.4, -0.2) is 21.5 Å². The summed E-state index contributed by atoms with van der Waals surface area (Å²) in [5, 5.41) is 11.1. The highest BCUT2D eigenvalue weighted by atomic mass is 19.1. The Kier molecular flexibility index (Phi) is 4.63. The van der Waals surface area contributed by atoms with Gasteiger partial charge in [0.2, 0.25) is 0 Å². The lowest BCUT2D eigenvalue weighted by Crippen LogP contribution is -2.12. The molecule has 0 saturated heterocycles. The summed E-state index contributed by atoms with van der Waals surface area (Å²) in [5.41, 5.74) is 2.36. The van der Waals surface area contributed by atoms with Gasteiger partial charge in [0.05, 0.1) is 11.9 Å². The maximum absolute atomic E-state index is 14.0. The van der Waals surface area contributed by atoms with Gasteiger partial charge in [-0.05, 0) is 30.7 Å². The quantitative estimate of drug-likeness (QED) is 0.870. The predicted octanol–water partition coefficient (Wildman–Crippen LogP) is 2.60. The molecule has 5 heteroatoms. The summed E-state index contributed by atoms with van der Waals surface area (Å²) in [6.45, 7) is 6.47.